The van der Waals surface area contributed by atoms with Crippen molar-refractivity contribution >= 4 is 8.24 Å². The van der Waals surface area contributed by atoms with Crippen LogP contribution >= 0.6 is 0 Å². The van der Waals surface area contributed by atoms with Gasteiger partial charge in [-0.2, -0.15) is 0 Å². The first-order valence-electron chi connectivity index (χ1n) is 4.15. The molecule has 0 fully saturated rings. The van der Waals surface area contributed by atoms with Crippen molar-refractivity contribution in [1.82, 2.24) is 9.22 Å². The van der Waals surface area contributed by atoms with Crippen molar-refractivity contribution in [1.29, 1.82) is 0 Å². The molecule has 0 aliphatic heterocycles. The zero-order chi connectivity index (χ0) is 8.32. The fraction of sp³-hybridized carbons (Fsp3) is 0.625. The molecule has 1 rings (SSSR count). The van der Waals surface area contributed by atoms with Gasteiger partial charge >= 0.3 is 0 Å². The lowest BCUT2D eigenvalue weighted by molar-refractivity contribution is 0.986. The highest BCUT2D eigenvalue weighted by Gasteiger charge is 2.20. The highest BCUT2D eigenvalue weighted by atomic mass is 28.3. The van der Waals surface area contributed by atoms with Crippen molar-refractivity contribution in [3.8, 4) is 0 Å². The molecule has 0 radical (unpaired) electrons. The third kappa shape index (κ3) is 1.93. The Bertz CT molecular complexity index is 204. The van der Waals surface area contributed by atoms with Crippen LogP contribution in [0.1, 0.15) is 13.3 Å². The van der Waals surface area contributed by atoms with Crippen molar-refractivity contribution in [3.05, 3.63) is 18.7 Å². The van der Waals surface area contributed by atoms with Gasteiger partial charge < -0.3 is 4.23 Å². The van der Waals surface area contributed by atoms with E-state index in [1.807, 2.05) is 12.5 Å². The first kappa shape index (κ1) is 8.52. The molecule has 1 aromatic heterocycles. The fourth-order valence-corrected chi connectivity index (χ4v) is 3.69. The van der Waals surface area contributed by atoms with Crippen LogP contribution in [-0.4, -0.2) is 17.5 Å². The van der Waals surface area contributed by atoms with E-state index in [2.05, 4.69) is 35.4 Å². The highest BCUT2D eigenvalue weighted by molar-refractivity contribution is 6.75. The monoisotopic (exact) mass is 168 g/mol. The van der Waals surface area contributed by atoms with Crippen molar-refractivity contribution < 1.29 is 0 Å². The van der Waals surface area contributed by atoms with Crippen LogP contribution in [0.15, 0.2) is 18.7 Å². The van der Waals surface area contributed by atoms with Crippen LogP contribution in [0.25, 0.3) is 0 Å². The number of aromatic nitrogens is 2. The molecule has 3 heteroatoms. The summed E-state index contributed by atoms with van der Waals surface area (Å²) < 4.78 is 2.30. The van der Waals surface area contributed by atoms with E-state index in [4.69, 9.17) is 0 Å². The van der Waals surface area contributed by atoms with Gasteiger partial charge in [-0.1, -0.05) is 26.4 Å². The number of nitrogens with zero attached hydrogens (tertiary/aromatic N) is 2. The summed E-state index contributed by atoms with van der Waals surface area (Å²) in [4.78, 5) is 4.07. The van der Waals surface area contributed by atoms with E-state index in [0.717, 1.165) is 0 Å². The van der Waals surface area contributed by atoms with Gasteiger partial charge in [0.15, 0.2) is 8.24 Å². The van der Waals surface area contributed by atoms with Crippen LogP contribution in [-0.2, 0) is 0 Å². The summed E-state index contributed by atoms with van der Waals surface area (Å²) in [5, 5.41) is 0. The molecule has 0 amide bonds. The molecule has 0 N–H and O–H groups in total. The summed E-state index contributed by atoms with van der Waals surface area (Å²) in [7, 11) is -1.17. The summed E-state index contributed by atoms with van der Waals surface area (Å²) in [5.74, 6) is 0. The van der Waals surface area contributed by atoms with Gasteiger partial charge in [0.2, 0.25) is 0 Å². The molecule has 0 atom stereocenters. The molecule has 11 heavy (non-hydrogen) atoms. The third-order valence-electron chi connectivity index (χ3n) is 2.07. The van der Waals surface area contributed by atoms with E-state index in [0.29, 0.717) is 0 Å². The summed E-state index contributed by atoms with van der Waals surface area (Å²) >= 11 is 0. The predicted octanol–water partition coefficient (Wildman–Crippen LogP) is 2.35. The SMILES string of the molecule is CCC[Si](C)(C)n1ccnc1. The number of hydrogen-bond donors (Lipinski definition) is 0. The average Bonchev–Trinajstić information content (AvgIpc) is 2.37. The van der Waals surface area contributed by atoms with Crippen LogP contribution in [0.5, 0.6) is 0 Å². The van der Waals surface area contributed by atoms with E-state index in [1.165, 1.54) is 12.5 Å². The van der Waals surface area contributed by atoms with Gasteiger partial charge in [-0.05, 0) is 6.04 Å². The van der Waals surface area contributed by atoms with Crippen LogP contribution in [0.2, 0.25) is 19.1 Å². The molecule has 0 aliphatic carbocycles. The molecule has 0 spiro atoms. The predicted molar refractivity (Wildman–Crippen MR) is 50.2 cm³/mol. The van der Waals surface area contributed by atoms with Gasteiger partial charge in [0, 0.05) is 12.4 Å². The molecule has 0 saturated heterocycles. The van der Waals surface area contributed by atoms with Crippen LogP contribution in [0.4, 0.5) is 0 Å². The van der Waals surface area contributed by atoms with Gasteiger partial charge in [-0.15, -0.1) is 0 Å². The molecule has 0 aliphatic rings. The first-order chi connectivity index (χ1) is 5.17. The third-order valence-corrected chi connectivity index (χ3v) is 5.45. The summed E-state index contributed by atoms with van der Waals surface area (Å²) in [5.41, 5.74) is 0. The quantitative estimate of drug-likeness (QED) is 0.633. The summed E-state index contributed by atoms with van der Waals surface area (Å²) in [6, 6.07) is 1.34. The van der Waals surface area contributed by atoms with E-state index >= 15 is 0 Å². The van der Waals surface area contributed by atoms with Gasteiger partial charge in [-0.25, -0.2) is 4.98 Å². The van der Waals surface area contributed by atoms with Gasteiger partial charge in [0.25, 0.3) is 0 Å². The largest absolute Gasteiger partial charge is 0.365 e. The first-order valence-corrected chi connectivity index (χ1v) is 7.30. The lowest BCUT2D eigenvalue weighted by Gasteiger charge is -2.22. The maximum atomic E-state index is 4.07. The molecule has 1 heterocycles. The average molecular weight is 168 g/mol. The van der Waals surface area contributed by atoms with E-state index in [1.54, 1.807) is 0 Å². The Hall–Kier alpha value is -0.573. The van der Waals surface area contributed by atoms with Gasteiger partial charge in [0.1, 0.15) is 0 Å². The molecule has 0 bridgehead atoms. The molecule has 0 aromatic carbocycles. The minimum Gasteiger partial charge on any atom is -0.365 e. The Kier molecular flexibility index (Phi) is 2.49. The summed E-state index contributed by atoms with van der Waals surface area (Å²) in [6.07, 6.45) is 7.17. The normalized spacial score (nSPS) is 11.9. The molecular weight excluding hydrogens is 152 g/mol. The molecule has 62 valence electrons. The maximum Gasteiger partial charge on any atom is 0.157 e. The number of hydrogen-bond acceptors (Lipinski definition) is 1. The second kappa shape index (κ2) is 3.22. The van der Waals surface area contributed by atoms with Crippen molar-refractivity contribution in [2.45, 2.75) is 32.5 Å². The standard InChI is InChI=1S/C8H16N2Si/c1-4-7-11(2,3)10-6-5-9-8-10/h5-6,8H,4,7H2,1-3H3. The van der Waals surface area contributed by atoms with E-state index in [-0.39, 0.29) is 0 Å². The zero-order valence-electron chi connectivity index (χ0n) is 7.54. The molecule has 1 aromatic rings. The van der Waals surface area contributed by atoms with Gasteiger partial charge in [0.05, 0.1) is 6.33 Å². The zero-order valence-corrected chi connectivity index (χ0v) is 8.54. The Labute approximate surface area is 69.4 Å². The van der Waals surface area contributed by atoms with E-state index in [9.17, 15) is 0 Å². The van der Waals surface area contributed by atoms with Crippen molar-refractivity contribution in [2.75, 3.05) is 0 Å². The Balaban J connectivity index is 2.73. The Morgan fingerprint density at radius 1 is 1.45 bits per heavy atom. The molecule has 2 nitrogen and oxygen atoms in total. The van der Waals surface area contributed by atoms with Crippen molar-refractivity contribution in [2.24, 2.45) is 0 Å². The molecular formula is C8H16N2Si. The van der Waals surface area contributed by atoms with Crippen LogP contribution in [0.3, 0.4) is 0 Å². The smallest absolute Gasteiger partial charge is 0.157 e. The van der Waals surface area contributed by atoms with Crippen LogP contribution < -0.4 is 0 Å². The maximum absolute atomic E-state index is 4.07. The molecule has 0 saturated carbocycles. The highest BCUT2D eigenvalue weighted by Crippen LogP contribution is 2.13. The lowest BCUT2D eigenvalue weighted by Crippen LogP contribution is -2.34. The Morgan fingerprint density at radius 2 is 2.18 bits per heavy atom. The fourth-order valence-electron chi connectivity index (χ4n) is 1.36. The minimum atomic E-state index is -1.17. The second-order valence-electron chi connectivity index (χ2n) is 3.53. The lowest BCUT2D eigenvalue weighted by atomic mass is 10.6. The molecule has 0 unspecified atom stereocenters. The van der Waals surface area contributed by atoms with Gasteiger partial charge in [-0.3, -0.25) is 0 Å². The Morgan fingerprint density at radius 3 is 2.64 bits per heavy atom. The topological polar surface area (TPSA) is 17.8 Å². The van der Waals surface area contributed by atoms with Crippen LogP contribution in [0, 0.1) is 0 Å². The van der Waals surface area contributed by atoms with Crippen molar-refractivity contribution in [3.63, 3.8) is 0 Å². The number of imidazole rings is 1. The number of rotatable bonds is 3. The second-order valence-corrected chi connectivity index (χ2v) is 8.17. The minimum absolute atomic E-state index is 1.17. The van der Waals surface area contributed by atoms with E-state index < -0.39 is 8.24 Å². The summed E-state index contributed by atoms with van der Waals surface area (Å²) in [6.45, 7) is 6.99.